The Morgan fingerprint density at radius 3 is 3.27 bits per heavy atom. The number of hydrogen-bond acceptors (Lipinski definition) is 0. The lowest BCUT2D eigenvalue weighted by molar-refractivity contribution is 1.30. The van der Waals surface area contributed by atoms with Crippen molar-refractivity contribution in [1.29, 1.82) is 0 Å². The summed E-state index contributed by atoms with van der Waals surface area (Å²) in [5, 5.41) is 0.0500. The fourth-order valence-corrected chi connectivity index (χ4v) is 1.15. The SMILES string of the molecule is [2H]c1c(Br)c([2H])c2c([2H])c(C([2H])([2H])[2H])[nH]c2c1[2H]. The second kappa shape index (κ2) is 2.38. The zero-order chi connectivity index (χ0) is 13.8. The Kier molecular flexibility index (Phi) is 0.568. The molecule has 2 aromatic rings. The summed E-state index contributed by atoms with van der Waals surface area (Å²) in [6, 6.07) is -0.894. The first kappa shape index (κ1) is 2.63. The van der Waals surface area contributed by atoms with Gasteiger partial charge >= 0.3 is 0 Å². The summed E-state index contributed by atoms with van der Waals surface area (Å²) in [5.41, 5.74) is -0.263. The second-order valence-electron chi connectivity index (χ2n) is 2.06. The van der Waals surface area contributed by atoms with Crippen LogP contribution >= 0.6 is 15.9 Å². The lowest BCUT2D eigenvalue weighted by Gasteiger charge is -1.89. The van der Waals surface area contributed by atoms with Crippen molar-refractivity contribution in [1.82, 2.24) is 4.98 Å². The Bertz CT molecular complexity index is 643. The minimum absolute atomic E-state index is 0.0457. The fourth-order valence-electron chi connectivity index (χ4n) is 0.852. The van der Waals surface area contributed by atoms with E-state index in [1.807, 2.05) is 0 Å². The summed E-state index contributed by atoms with van der Waals surface area (Å²) in [5.74, 6) is 0. The molecule has 0 aliphatic carbocycles. The van der Waals surface area contributed by atoms with Crippen LogP contribution in [0.2, 0.25) is 0 Å². The van der Waals surface area contributed by atoms with Crippen molar-refractivity contribution in [2.45, 2.75) is 6.85 Å². The van der Waals surface area contributed by atoms with Crippen LogP contribution in [0.3, 0.4) is 0 Å². The van der Waals surface area contributed by atoms with Crippen LogP contribution in [-0.2, 0) is 0 Å². The average molecular weight is 217 g/mol. The second-order valence-corrected chi connectivity index (χ2v) is 2.86. The number of nitrogens with one attached hydrogen (secondary N) is 1. The maximum atomic E-state index is 7.81. The molecule has 0 bridgehead atoms. The summed E-state index contributed by atoms with van der Waals surface area (Å²) in [6.45, 7) is -2.51. The smallest absolute Gasteiger partial charge is 0.0648 e. The van der Waals surface area contributed by atoms with Gasteiger partial charge in [0.05, 0.1) is 5.48 Å². The van der Waals surface area contributed by atoms with Crippen LogP contribution < -0.4 is 0 Å². The molecule has 0 atom stereocenters. The average Bonchev–Trinajstić information content (AvgIpc) is 2.61. The molecular formula is C9H8BrN. The van der Waals surface area contributed by atoms with Crippen molar-refractivity contribution in [3.8, 4) is 0 Å². The van der Waals surface area contributed by atoms with E-state index in [1.54, 1.807) is 0 Å². The van der Waals surface area contributed by atoms with Gasteiger partial charge in [0, 0.05) is 25.2 Å². The van der Waals surface area contributed by atoms with Crippen molar-refractivity contribution in [3.63, 3.8) is 0 Å². The Hall–Kier alpha value is -0.760. The normalized spacial score (nSPS) is 21.0. The van der Waals surface area contributed by atoms with Gasteiger partial charge in [-0.15, -0.1) is 0 Å². The highest BCUT2D eigenvalue weighted by Gasteiger charge is 1.95. The molecule has 0 aliphatic heterocycles. The van der Waals surface area contributed by atoms with Crippen molar-refractivity contribution < 1.29 is 9.60 Å². The van der Waals surface area contributed by atoms with Crippen LogP contribution in [0.15, 0.2) is 28.6 Å². The van der Waals surface area contributed by atoms with E-state index in [2.05, 4.69) is 20.9 Å². The molecule has 0 amide bonds. The number of aromatic amines is 1. The minimum atomic E-state index is -2.51. The molecule has 1 nitrogen and oxygen atoms in total. The third kappa shape index (κ3) is 1.18. The molecule has 0 fully saturated rings. The van der Waals surface area contributed by atoms with Crippen molar-refractivity contribution in [2.75, 3.05) is 0 Å². The summed E-state index contributed by atoms with van der Waals surface area (Å²) in [7, 11) is 0. The van der Waals surface area contributed by atoms with Crippen molar-refractivity contribution in [2.24, 2.45) is 0 Å². The van der Waals surface area contributed by atoms with E-state index in [0.29, 0.717) is 0 Å². The summed E-state index contributed by atoms with van der Waals surface area (Å²) >= 11 is 3.01. The number of rotatable bonds is 0. The van der Waals surface area contributed by atoms with Crippen molar-refractivity contribution >= 4 is 26.8 Å². The number of H-pyrrole nitrogens is 1. The zero-order valence-corrected chi connectivity index (χ0v) is 6.96. The van der Waals surface area contributed by atoms with E-state index in [0.717, 1.165) is 0 Å². The highest BCUT2D eigenvalue weighted by atomic mass is 79.9. The Labute approximate surface area is 83.4 Å². The molecule has 0 aliphatic rings. The molecule has 2 rings (SSSR count). The molecule has 1 heterocycles. The number of aryl methyl sites for hydroxylation is 1. The topological polar surface area (TPSA) is 15.8 Å². The standard InChI is InChI=1S/C9H8BrN/c1-6-4-7-5-8(10)2-3-9(7)11-6/h2-5,11H,1H3/i1D3,2D,3D,4D,5D. The van der Waals surface area contributed by atoms with E-state index in [9.17, 15) is 0 Å². The maximum Gasteiger partial charge on any atom is 0.0648 e. The number of aromatic nitrogens is 1. The van der Waals surface area contributed by atoms with Gasteiger partial charge in [0.2, 0.25) is 0 Å². The predicted molar refractivity (Wildman–Crippen MR) is 50.7 cm³/mol. The van der Waals surface area contributed by atoms with E-state index >= 15 is 0 Å². The molecule has 0 radical (unpaired) electrons. The Morgan fingerprint density at radius 2 is 2.45 bits per heavy atom. The largest absolute Gasteiger partial charge is 0.359 e. The maximum absolute atomic E-state index is 7.81. The molecule has 56 valence electrons. The number of fused-ring (bicyclic) bond motifs is 1. The fraction of sp³-hybridized carbons (Fsp3) is 0.111. The highest BCUT2D eigenvalue weighted by Crippen LogP contribution is 2.19. The predicted octanol–water partition coefficient (Wildman–Crippen LogP) is 3.24. The Balaban J connectivity index is 2.98. The van der Waals surface area contributed by atoms with Gasteiger partial charge in [-0.3, -0.25) is 0 Å². The molecule has 2 heteroatoms. The third-order valence-electron chi connectivity index (χ3n) is 1.28. The molecular weight excluding hydrogens is 202 g/mol. The number of halogens is 1. The van der Waals surface area contributed by atoms with Crippen molar-refractivity contribution in [3.05, 3.63) is 34.3 Å². The summed E-state index contributed by atoms with van der Waals surface area (Å²) < 4.78 is 53.0. The van der Waals surface area contributed by atoms with Crippen LogP contribution in [0.25, 0.3) is 10.9 Å². The minimum Gasteiger partial charge on any atom is -0.359 e. The van der Waals surface area contributed by atoms with Gasteiger partial charge in [0.15, 0.2) is 0 Å². The molecule has 1 aromatic carbocycles. The molecule has 1 aromatic heterocycles. The van der Waals surface area contributed by atoms with Crippen LogP contribution in [0.4, 0.5) is 0 Å². The quantitative estimate of drug-likeness (QED) is 0.697. The summed E-state index contributed by atoms with van der Waals surface area (Å²) in [6.07, 6.45) is 0. The van der Waals surface area contributed by atoms with E-state index < -0.39 is 6.85 Å². The first-order chi connectivity index (χ1) is 8.16. The van der Waals surface area contributed by atoms with Gasteiger partial charge in [0.25, 0.3) is 0 Å². The Morgan fingerprint density at radius 1 is 1.55 bits per heavy atom. The third-order valence-corrected chi connectivity index (χ3v) is 1.68. The van der Waals surface area contributed by atoms with E-state index in [4.69, 9.17) is 9.60 Å². The van der Waals surface area contributed by atoms with E-state index in [-0.39, 0.29) is 45.2 Å². The van der Waals surface area contributed by atoms with Gasteiger partial charge in [0.1, 0.15) is 0 Å². The van der Waals surface area contributed by atoms with Gasteiger partial charge in [-0.25, -0.2) is 0 Å². The summed E-state index contributed by atoms with van der Waals surface area (Å²) in [4.78, 5) is 2.48. The zero-order valence-electron chi connectivity index (χ0n) is 12.4. The highest BCUT2D eigenvalue weighted by molar-refractivity contribution is 9.10. The first-order valence-electron chi connectivity index (χ1n) is 6.44. The monoisotopic (exact) mass is 216 g/mol. The van der Waals surface area contributed by atoms with Crippen LogP contribution in [0.1, 0.15) is 15.3 Å². The number of hydrogen-bond donors (Lipinski definition) is 1. The van der Waals surface area contributed by atoms with Gasteiger partial charge in [-0.05, 0) is 31.0 Å². The molecule has 1 N–H and O–H groups in total. The molecule has 0 saturated carbocycles. The van der Waals surface area contributed by atoms with Crippen LogP contribution in [0.5, 0.6) is 0 Å². The van der Waals surface area contributed by atoms with Gasteiger partial charge < -0.3 is 4.98 Å². The molecule has 0 unspecified atom stereocenters. The first-order valence-corrected chi connectivity index (χ1v) is 3.73. The van der Waals surface area contributed by atoms with Gasteiger partial charge in [-0.2, -0.15) is 0 Å². The lowest BCUT2D eigenvalue weighted by Crippen LogP contribution is -1.67. The van der Waals surface area contributed by atoms with Crippen LogP contribution in [-0.4, -0.2) is 4.98 Å². The lowest BCUT2D eigenvalue weighted by atomic mass is 10.2. The van der Waals surface area contributed by atoms with Crippen LogP contribution in [0, 0.1) is 6.85 Å². The van der Waals surface area contributed by atoms with Gasteiger partial charge in [-0.1, -0.05) is 15.9 Å². The number of benzene rings is 1. The molecule has 0 spiro atoms. The molecule has 11 heavy (non-hydrogen) atoms. The van der Waals surface area contributed by atoms with E-state index in [1.165, 1.54) is 0 Å². The molecule has 0 saturated heterocycles.